The van der Waals surface area contributed by atoms with Crippen molar-refractivity contribution in [3.63, 3.8) is 0 Å². The van der Waals surface area contributed by atoms with Gasteiger partial charge >= 0.3 is 6.09 Å². The molecule has 1 aliphatic heterocycles. The summed E-state index contributed by atoms with van der Waals surface area (Å²) in [5, 5.41) is 10.00. The topological polar surface area (TPSA) is 59.0 Å². The van der Waals surface area contributed by atoms with E-state index in [0.29, 0.717) is 6.42 Å². The summed E-state index contributed by atoms with van der Waals surface area (Å²) in [6.45, 7) is 0.256. The Bertz CT molecular complexity index is 647. The second-order valence-electron chi connectivity index (χ2n) is 5.79. The lowest BCUT2D eigenvalue weighted by Gasteiger charge is -2.23. The Labute approximate surface area is 141 Å². The summed E-state index contributed by atoms with van der Waals surface area (Å²) in [5.74, 6) is 0. The molecule has 0 radical (unpaired) electrons. The highest BCUT2D eigenvalue weighted by Crippen LogP contribution is 2.22. The monoisotopic (exact) mass is 327 g/mol. The van der Waals surface area contributed by atoms with E-state index in [-0.39, 0.29) is 13.3 Å². The van der Waals surface area contributed by atoms with Crippen LogP contribution >= 0.6 is 0 Å². The largest absolute Gasteiger partial charge is 0.444 e. The molecule has 1 fully saturated rings. The van der Waals surface area contributed by atoms with Crippen LogP contribution in [-0.4, -0.2) is 35.2 Å². The number of carbonyl (C=O) groups excluding carboxylic acids is 1. The van der Waals surface area contributed by atoms with Crippen molar-refractivity contribution in [2.45, 2.75) is 31.8 Å². The van der Waals surface area contributed by atoms with Crippen LogP contribution in [0.2, 0.25) is 0 Å². The van der Waals surface area contributed by atoms with Crippen molar-refractivity contribution in [3.05, 3.63) is 71.8 Å². The average Bonchev–Trinajstić information content (AvgIpc) is 3.00. The lowest BCUT2D eigenvalue weighted by Crippen LogP contribution is -2.40. The van der Waals surface area contributed by atoms with E-state index in [0.717, 1.165) is 17.5 Å². The van der Waals surface area contributed by atoms with E-state index in [1.54, 1.807) is 0 Å². The number of amides is 1. The van der Waals surface area contributed by atoms with Crippen LogP contribution in [0.1, 0.15) is 17.5 Å². The lowest BCUT2D eigenvalue weighted by atomic mass is 10.0. The fourth-order valence-electron chi connectivity index (χ4n) is 2.77. The minimum absolute atomic E-state index is 0.0498. The zero-order valence-electron chi connectivity index (χ0n) is 13.4. The number of hydrogen-bond donors (Lipinski definition) is 1. The SMILES string of the molecule is O=C(OCc1ccccc1)N1CO[C@H](O)[C@@H]1CCc1ccccc1. The zero-order valence-corrected chi connectivity index (χ0v) is 13.4. The Hall–Kier alpha value is -2.37. The van der Waals surface area contributed by atoms with Gasteiger partial charge in [0.05, 0.1) is 6.04 Å². The third-order valence-electron chi connectivity index (χ3n) is 4.13. The van der Waals surface area contributed by atoms with Gasteiger partial charge in [0.25, 0.3) is 0 Å². The fraction of sp³-hybridized carbons (Fsp3) is 0.316. The summed E-state index contributed by atoms with van der Waals surface area (Å²) in [6.07, 6.45) is -0.0635. The normalized spacial score (nSPS) is 20.1. The standard InChI is InChI=1S/C19H21NO4/c21-18-17(12-11-15-7-3-1-4-8-15)20(14-24-18)19(22)23-13-16-9-5-2-6-10-16/h1-10,17-18,21H,11-14H2/t17-,18-/m0/s1. The Kier molecular flexibility index (Phi) is 5.46. The number of aryl methyl sites for hydroxylation is 1. The van der Waals surface area contributed by atoms with Crippen molar-refractivity contribution in [3.8, 4) is 0 Å². The highest BCUT2D eigenvalue weighted by atomic mass is 16.6. The van der Waals surface area contributed by atoms with Crippen molar-refractivity contribution in [1.29, 1.82) is 0 Å². The predicted octanol–water partition coefficient (Wildman–Crippen LogP) is 2.93. The molecule has 3 rings (SSSR count). The van der Waals surface area contributed by atoms with E-state index in [2.05, 4.69) is 0 Å². The lowest BCUT2D eigenvalue weighted by molar-refractivity contribution is -0.0681. The molecule has 2 aromatic rings. The van der Waals surface area contributed by atoms with E-state index in [9.17, 15) is 9.90 Å². The van der Waals surface area contributed by atoms with Crippen LogP contribution in [0.5, 0.6) is 0 Å². The molecule has 1 saturated heterocycles. The number of aliphatic hydroxyl groups is 1. The van der Waals surface area contributed by atoms with Gasteiger partial charge in [-0.2, -0.15) is 0 Å². The second-order valence-corrected chi connectivity index (χ2v) is 5.79. The molecule has 126 valence electrons. The number of carbonyl (C=O) groups is 1. The Morgan fingerprint density at radius 3 is 2.38 bits per heavy atom. The third kappa shape index (κ3) is 4.13. The second kappa shape index (κ2) is 7.95. The van der Waals surface area contributed by atoms with Gasteiger partial charge in [0.15, 0.2) is 6.29 Å². The molecule has 0 bridgehead atoms. The average molecular weight is 327 g/mol. The molecule has 0 aromatic heterocycles. The molecule has 1 heterocycles. The minimum atomic E-state index is -0.974. The number of aliphatic hydroxyl groups excluding tert-OH is 1. The zero-order chi connectivity index (χ0) is 16.8. The van der Waals surface area contributed by atoms with Crippen molar-refractivity contribution < 1.29 is 19.4 Å². The molecule has 1 amide bonds. The van der Waals surface area contributed by atoms with Crippen LogP contribution in [0.15, 0.2) is 60.7 Å². The highest BCUT2D eigenvalue weighted by molar-refractivity contribution is 5.68. The molecule has 1 N–H and O–H groups in total. The first-order valence-electron chi connectivity index (χ1n) is 8.05. The van der Waals surface area contributed by atoms with E-state index in [1.807, 2.05) is 60.7 Å². The Morgan fingerprint density at radius 2 is 1.71 bits per heavy atom. The van der Waals surface area contributed by atoms with Gasteiger partial charge in [-0.25, -0.2) is 4.79 Å². The summed E-state index contributed by atoms with van der Waals surface area (Å²) in [6, 6.07) is 19.1. The van der Waals surface area contributed by atoms with Gasteiger partial charge < -0.3 is 14.6 Å². The van der Waals surface area contributed by atoms with Crippen molar-refractivity contribution in [1.82, 2.24) is 4.90 Å². The van der Waals surface area contributed by atoms with Crippen LogP contribution in [0.4, 0.5) is 4.79 Å². The third-order valence-corrected chi connectivity index (χ3v) is 4.13. The first kappa shape index (κ1) is 16.5. The Morgan fingerprint density at radius 1 is 1.08 bits per heavy atom. The first-order chi connectivity index (χ1) is 11.7. The van der Waals surface area contributed by atoms with Crippen LogP contribution in [-0.2, 0) is 22.5 Å². The van der Waals surface area contributed by atoms with E-state index in [1.165, 1.54) is 4.90 Å². The van der Waals surface area contributed by atoms with Gasteiger partial charge in [0.2, 0.25) is 0 Å². The van der Waals surface area contributed by atoms with Gasteiger partial charge in [-0.3, -0.25) is 4.90 Å². The van der Waals surface area contributed by atoms with Crippen LogP contribution in [0.25, 0.3) is 0 Å². The molecule has 5 nitrogen and oxygen atoms in total. The summed E-state index contributed by atoms with van der Waals surface area (Å²) in [5.41, 5.74) is 2.08. The maximum Gasteiger partial charge on any atom is 0.412 e. The quantitative estimate of drug-likeness (QED) is 0.917. The van der Waals surface area contributed by atoms with Crippen molar-refractivity contribution >= 4 is 6.09 Å². The number of ether oxygens (including phenoxy) is 2. The fourth-order valence-corrected chi connectivity index (χ4v) is 2.77. The van der Waals surface area contributed by atoms with Crippen LogP contribution in [0, 0.1) is 0 Å². The molecular formula is C19H21NO4. The molecule has 2 aromatic carbocycles. The van der Waals surface area contributed by atoms with Gasteiger partial charge in [-0.1, -0.05) is 60.7 Å². The molecule has 1 aliphatic rings. The van der Waals surface area contributed by atoms with Crippen molar-refractivity contribution in [2.24, 2.45) is 0 Å². The van der Waals surface area contributed by atoms with E-state index >= 15 is 0 Å². The molecule has 2 atom stereocenters. The molecule has 0 saturated carbocycles. The maximum absolute atomic E-state index is 12.3. The molecule has 0 spiro atoms. The summed E-state index contributed by atoms with van der Waals surface area (Å²) in [4.78, 5) is 13.8. The summed E-state index contributed by atoms with van der Waals surface area (Å²) < 4.78 is 10.6. The predicted molar refractivity (Wildman–Crippen MR) is 89.0 cm³/mol. The van der Waals surface area contributed by atoms with Crippen LogP contribution < -0.4 is 0 Å². The number of hydrogen-bond acceptors (Lipinski definition) is 4. The van der Waals surface area contributed by atoms with Gasteiger partial charge in [-0.15, -0.1) is 0 Å². The molecular weight excluding hydrogens is 306 g/mol. The number of benzene rings is 2. The molecule has 24 heavy (non-hydrogen) atoms. The summed E-state index contributed by atoms with van der Waals surface area (Å²) >= 11 is 0. The molecule has 0 unspecified atom stereocenters. The number of nitrogens with zero attached hydrogens (tertiary/aromatic N) is 1. The minimum Gasteiger partial charge on any atom is -0.444 e. The van der Waals surface area contributed by atoms with Gasteiger partial charge in [-0.05, 0) is 24.0 Å². The smallest absolute Gasteiger partial charge is 0.412 e. The maximum atomic E-state index is 12.3. The number of rotatable bonds is 5. The summed E-state index contributed by atoms with van der Waals surface area (Å²) in [7, 11) is 0. The van der Waals surface area contributed by atoms with Gasteiger partial charge in [0.1, 0.15) is 13.3 Å². The van der Waals surface area contributed by atoms with E-state index < -0.39 is 18.4 Å². The molecule has 5 heteroatoms. The highest BCUT2D eigenvalue weighted by Gasteiger charge is 2.37. The van der Waals surface area contributed by atoms with Crippen molar-refractivity contribution in [2.75, 3.05) is 6.73 Å². The first-order valence-corrected chi connectivity index (χ1v) is 8.05. The molecule has 0 aliphatic carbocycles. The Balaban J connectivity index is 1.55. The van der Waals surface area contributed by atoms with Crippen LogP contribution in [0.3, 0.4) is 0 Å². The van der Waals surface area contributed by atoms with Gasteiger partial charge in [0, 0.05) is 0 Å². The van der Waals surface area contributed by atoms with E-state index in [4.69, 9.17) is 9.47 Å².